The maximum atomic E-state index is 13.2. The molecule has 10 heteroatoms. The molecule has 0 aliphatic heterocycles. The van der Waals surface area contributed by atoms with Crippen molar-refractivity contribution in [1.82, 2.24) is 24.5 Å². The summed E-state index contributed by atoms with van der Waals surface area (Å²) in [6.45, 7) is 0. The van der Waals surface area contributed by atoms with Gasteiger partial charge in [0.1, 0.15) is 22.9 Å². The van der Waals surface area contributed by atoms with Crippen molar-refractivity contribution in [2.75, 3.05) is 17.7 Å². The van der Waals surface area contributed by atoms with Crippen LogP contribution in [0, 0.1) is 0 Å². The van der Waals surface area contributed by atoms with Crippen LogP contribution < -0.4 is 21.5 Å². The summed E-state index contributed by atoms with van der Waals surface area (Å²) in [6, 6.07) is 5.20. The highest BCUT2D eigenvalue weighted by Gasteiger charge is 2.27. The molecule has 0 saturated heterocycles. The summed E-state index contributed by atoms with van der Waals surface area (Å²) in [5.41, 5.74) is 0.920. The van der Waals surface area contributed by atoms with Gasteiger partial charge in [-0.05, 0) is 37.8 Å². The Kier molecular flexibility index (Phi) is 5.30. The molecule has 0 spiro atoms. The van der Waals surface area contributed by atoms with Gasteiger partial charge in [0.25, 0.3) is 11.5 Å². The number of pyridine rings is 1. The average molecular weight is 438 g/mol. The smallest absolute Gasteiger partial charge is 0.274 e. The Hall–Kier alpha value is -3.40. The summed E-state index contributed by atoms with van der Waals surface area (Å²) < 4.78 is 3.17. The number of hydrogen-bond acceptors (Lipinski definition) is 7. The van der Waals surface area contributed by atoms with Gasteiger partial charge in [0.15, 0.2) is 5.65 Å². The first kappa shape index (κ1) is 20.5. The van der Waals surface area contributed by atoms with Gasteiger partial charge < -0.3 is 25.6 Å². The van der Waals surface area contributed by atoms with Crippen molar-refractivity contribution >= 4 is 28.9 Å². The quantitative estimate of drug-likeness (QED) is 0.465. The van der Waals surface area contributed by atoms with Gasteiger partial charge in [-0.15, -0.1) is 0 Å². The highest BCUT2D eigenvalue weighted by molar-refractivity contribution is 6.00. The van der Waals surface area contributed by atoms with Crippen molar-refractivity contribution in [1.29, 1.82) is 0 Å². The Bertz CT molecular complexity index is 1210. The van der Waals surface area contributed by atoms with Crippen LogP contribution >= 0.6 is 0 Å². The molecule has 0 radical (unpaired) electrons. The molecule has 5 rings (SSSR count). The van der Waals surface area contributed by atoms with Crippen LogP contribution in [0.3, 0.4) is 0 Å². The molecule has 2 saturated carbocycles. The van der Waals surface area contributed by atoms with E-state index in [1.807, 2.05) is 0 Å². The predicted octanol–water partition coefficient (Wildman–Crippen LogP) is 2.04. The predicted molar refractivity (Wildman–Crippen MR) is 121 cm³/mol. The van der Waals surface area contributed by atoms with Crippen LogP contribution in [0.25, 0.3) is 5.65 Å². The van der Waals surface area contributed by atoms with Crippen molar-refractivity contribution in [3.8, 4) is 0 Å². The number of fused-ring (bicyclic) bond motifs is 1. The summed E-state index contributed by atoms with van der Waals surface area (Å²) in [7, 11) is 1.75. The zero-order valence-electron chi connectivity index (χ0n) is 17.9. The lowest BCUT2D eigenvalue weighted by atomic mass is 9.92. The molecular formula is C22H27N7O3. The van der Waals surface area contributed by atoms with E-state index in [1.165, 1.54) is 6.20 Å². The summed E-state index contributed by atoms with van der Waals surface area (Å²) in [6.07, 6.45) is 8.11. The van der Waals surface area contributed by atoms with Crippen LogP contribution in [-0.4, -0.2) is 49.4 Å². The number of aliphatic hydroxyl groups excluding tert-OH is 1. The Morgan fingerprint density at radius 3 is 2.78 bits per heavy atom. The van der Waals surface area contributed by atoms with Gasteiger partial charge in [-0.25, -0.2) is 4.98 Å². The lowest BCUT2D eigenvalue weighted by Gasteiger charge is -2.29. The van der Waals surface area contributed by atoms with E-state index in [-0.39, 0.29) is 23.6 Å². The molecule has 2 fully saturated rings. The van der Waals surface area contributed by atoms with Crippen LogP contribution in [0.5, 0.6) is 0 Å². The molecule has 2 atom stereocenters. The molecule has 3 aromatic heterocycles. The third kappa shape index (κ3) is 3.81. The Balaban J connectivity index is 1.49. The van der Waals surface area contributed by atoms with Crippen LogP contribution in [0.15, 0.2) is 35.4 Å². The summed E-state index contributed by atoms with van der Waals surface area (Å²) in [4.78, 5) is 30.4. The maximum Gasteiger partial charge on any atom is 0.274 e. The number of carbonyl (C=O) groups excluding carboxylic acids is 1. The van der Waals surface area contributed by atoms with Gasteiger partial charge in [0.2, 0.25) is 0 Å². The minimum absolute atomic E-state index is 0.206. The number of anilines is 3. The van der Waals surface area contributed by atoms with Gasteiger partial charge in [-0.2, -0.15) is 9.61 Å². The van der Waals surface area contributed by atoms with Crippen molar-refractivity contribution in [3.63, 3.8) is 0 Å². The molecule has 0 unspecified atom stereocenters. The number of hydrogen-bond donors (Lipinski definition) is 4. The maximum absolute atomic E-state index is 13.2. The number of amides is 1. The number of nitrogens with zero attached hydrogens (tertiary/aromatic N) is 4. The fraction of sp³-hybridized carbons (Fsp3) is 0.455. The standard InChI is InChI=1S/C22H27N7O3/c1-23-19-11-18(27-20-14(12-24-29(19)20)21(31)25-13-8-9-13)26-15-5-4-10-28(22(15)32)16-6-2-3-7-17(16)30/h4-5,10-13,16-17,23,30H,2-3,6-9H2,1H3,(H,25,31)(H,26,27)/t16-,17+/m0/s1. The van der Waals surface area contributed by atoms with Gasteiger partial charge in [-0.3, -0.25) is 9.59 Å². The summed E-state index contributed by atoms with van der Waals surface area (Å²) >= 11 is 0. The molecule has 0 aromatic carbocycles. The van der Waals surface area contributed by atoms with E-state index in [2.05, 4.69) is 26.0 Å². The van der Waals surface area contributed by atoms with E-state index < -0.39 is 6.10 Å². The molecule has 32 heavy (non-hydrogen) atoms. The number of aliphatic hydroxyl groups is 1. The van der Waals surface area contributed by atoms with Crippen LogP contribution in [-0.2, 0) is 0 Å². The fourth-order valence-corrected chi connectivity index (χ4v) is 4.28. The molecule has 2 aliphatic carbocycles. The van der Waals surface area contributed by atoms with Crippen molar-refractivity contribution in [2.45, 2.75) is 56.7 Å². The normalized spacial score (nSPS) is 20.8. The SMILES string of the molecule is CNc1cc(Nc2cccn([C@H]3CCCC[C@H]3O)c2=O)nc2c(C(=O)NC3CC3)cnn12. The second kappa shape index (κ2) is 8.27. The molecule has 168 valence electrons. The highest BCUT2D eigenvalue weighted by Crippen LogP contribution is 2.28. The molecule has 10 nitrogen and oxygen atoms in total. The van der Waals surface area contributed by atoms with Crippen molar-refractivity contribution in [3.05, 3.63) is 46.5 Å². The summed E-state index contributed by atoms with van der Waals surface area (Å²) in [5, 5.41) is 23.8. The molecular weight excluding hydrogens is 410 g/mol. The van der Waals surface area contributed by atoms with E-state index in [0.29, 0.717) is 35.0 Å². The second-order valence-electron chi connectivity index (χ2n) is 8.50. The topological polar surface area (TPSA) is 126 Å². The lowest BCUT2D eigenvalue weighted by molar-refractivity contribution is 0.0739. The van der Waals surface area contributed by atoms with Gasteiger partial charge >= 0.3 is 0 Å². The number of carbonyl (C=O) groups is 1. The van der Waals surface area contributed by atoms with Crippen molar-refractivity contribution < 1.29 is 9.90 Å². The van der Waals surface area contributed by atoms with Crippen LogP contribution in [0.4, 0.5) is 17.3 Å². The van der Waals surface area contributed by atoms with Gasteiger partial charge in [0.05, 0.1) is 18.3 Å². The zero-order valence-corrected chi connectivity index (χ0v) is 17.9. The minimum atomic E-state index is -0.526. The monoisotopic (exact) mass is 437 g/mol. The van der Waals surface area contributed by atoms with E-state index in [0.717, 1.165) is 32.1 Å². The summed E-state index contributed by atoms with van der Waals surface area (Å²) in [5.74, 6) is 0.839. The molecule has 2 aliphatic rings. The van der Waals surface area contributed by atoms with E-state index in [1.54, 1.807) is 40.5 Å². The van der Waals surface area contributed by atoms with Crippen LogP contribution in [0.1, 0.15) is 54.9 Å². The van der Waals surface area contributed by atoms with E-state index in [9.17, 15) is 14.7 Å². The first-order valence-corrected chi connectivity index (χ1v) is 11.1. The second-order valence-corrected chi connectivity index (χ2v) is 8.50. The number of nitrogens with one attached hydrogen (secondary N) is 3. The molecule has 3 heterocycles. The average Bonchev–Trinajstić information content (AvgIpc) is 3.50. The highest BCUT2D eigenvalue weighted by atomic mass is 16.3. The van der Waals surface area contributed by atoms with Gasteiger partial charge in [-0.1, -0.05) is 12.8 Å². The zero-order chi connectivity index (χ0) is 22.2. The Labute approximate surface area is 184 Å². The third-order valence-corrected chi connectivity index (χ3v) is 6.17. The van der Waals surface area contributed by atoms with Gasteiger partial charge in [0, 0.05) is 25.4 Å². The van der Waals surface area contributed by atoms with E-state index >= 15 is 0 Å². The Morgan fingerprint density at radius 1 is 1.22 bits per heavy atom. The fourth-order valence-electron chi connectivity index (χ4n) is 4.28. The molecule has 1 amide bonds. The first-order chi connectivity index (χ1) is 15.5. The van der Waals surface area contributed by atoms with E-state index in [4.69, 9.17) is 0 Å². The molecule has 0 bridgehead atoms. The minimum Gasteiger partial charge on any atom is -0.391 e. The van der Waals surface area contributed by atoms with Crippen molar-refractivity contribution in [2.24, 2.45) is 0 Å². The number of aromatic nitrogens is 4. The molecule has 3 aromatic rings. The van der Waals surface area contributed by atoms with Crippen LogP contribution in [0.2, 0.25) is 0 Å². The number of rotatable bonds is 6. The largest absolute Gasteiger partial charge is 0.391 e. The third-order valence-electron chi connectivity index (χ3n) is 6.17. The molecule has 4 N–H and O–H groups in total. The first-order valence-electron chi connectivity index (χ1n) is 11.1. The Morgan fingerprint density at radius 2 is 2.03 bits per heavy atom. The lowest BCUT2D eigenvalue weighted by Crippen LogP contribution is -2.34.